The summed E-state index contributed by atoms with van der Waals surface area (Å²) in [6, 6.07) is 14.4. The van der Waals surface area contributed by atoms with E-state index >= 15 is 0 Å². The summed E-state index contributed by atoms with van der Waals surface area (Å²) < 4.78 is 10.9. The number of fused-ring (bicyclic) bond motifs is 2. The van der Waals surface area contributed by atoms with E-state index in [9.17, 15) is 0 Å². The third-order valence-corrected chi connectivity index (χ3v) is 3.64. The number of pyridine rings is 1. The van der Waals surface area contributed by atoms with Crippen molar-refractivity contribution in [3.05, 3.63) is 54.4 Å². The quantitative estimate of drug-likeness (QED) is 0.666. The number of aromatic nitrogens is 1. The molecule has 0 amide bonds. The molecule has 0 atom stereocenters. The largest absolute Gasteiger partial charge is 0.454 e. The second-order valence-electron chi connectivity index (χ2n) is 4.88. The topological polar surface area (TPSA) is 31.4 Å². The molecular formula is C17H13NO2. The van der Waals surface area contributed by atoms with Crippen molar-refractivity contribution < 1.29 is 9.47 Å². The summed E-state index contributed by atoms with van der Waals surface area (Å²) in [5, 5.41) is 2.21. The van der Waals surface area contributed by atoms with E-state index in [4.69, 9.17) is 9.47 Å². The smallest absolute Gasteiger partial charge is 0.231 e. The second-order valence-corrected chi connectivity index (χ2v) is 4.88. The molecule has 0 unspecified atom stereocenters. The second kappa shape index (κ2) is 4.23. The molecule has 0 N–H and O–H groups in total. The highest BCUT2D eigenvalue weighted by atomic mass is 16.7. The van der Waals surface area contributed by atoms with Crippen LogP contribution in [0.3, 0.4) is 0 Å². The van der Waals surface area contributed by atoms with Crippen molar-refractivity contribution in [1.29, 1.82) is 0 Å². The molecule has 0 saturated heterocycles. The van der Waals surface area contributed by atoms with E-state index < -0.39 is 0 Å². The Balaban J connectivity index is 2.06. The van der Waals surface area contributed by atoms with E-state index in [1.165, 1.54) is 5.56 Å². The van der Waals surface area contributed by atoms with Gasteiger partial charge in [0.2, 0.25) is 6.79 Å². The lowest BCUT2D eigenvalue weighted by Gasteiger charge is -2.10. The molecule has 1 aliphatic rings. The standard InChI is InChI=1S/C17H13NO2/c1-11-17(12-5-3-2-4-6-12)14-8-16-15(19-10-20-16)7-13(14)9-18-11/h2-9H,10H2,1H3. The molecule has 3 nitrogen and oxygen atoms in total. The van der Waals surface area contributed by atoms with Gasteiger partial charge in [0, 0.05) is 22.8 Å². The van der Waals surface area contributed by atoms with Gasteiger partial charge in [-0.3, -0.25) is 4.98 Å². The Morgan fingerprint density at radius 1 is 1.00 bits per heavy atom. The van der Waals surface area contributed by atoms with E-state index in [2.05, 4.69) is 23.2 Å². The molecule has 0 radical (unpaired) electrons. The predicted octanol–water partition coefficient (Wildman–Crippen LogP) is 3.94. The SMILES string of the molecule is Cc1ncc2cc3c(cc2c1-c1ccccc1)OCO3. The summed E-state index contributed by atoms with van der Waals surface area (Å²) in [6.45, 7) is 2.32. The van der Waals surface area contributed by atoms with Crippen molar-refractivity contribution in [3.8, 4) is 22.6 Å². The summed E-state index contributed by atoms with van der Waals surface area (Å²) in [4.78, 5) is 4.51. The first-order valence-electron chi connectivity index (χ1n) is 6.57. The van der Waals surface area contributed by atoms with E-state index in [0.29, 0.717) is 6.79 Å². The number of rotatable bonds is 1. The van der Waals surface area contributed by atoms with Crippen molar-refractivity contribution in [2.45, 2.75) is 6.92 Å². The maximum atomic E-state index is 5.49. The molecule has 98 valence electrons. The molecule has 3 aromatic rings. The average molecular weight is 263 g/mol. The summed E-state index contributed by atoms with van der Waals surface area (Å²) in [5.74, 6) is 1.60. The van der Waals surface area contributed by atoms with Gasteiger partial charge in [0.05, 0.1) is 0 Å². The summed E-state index contributed by atoms with van der Waals surface area (Å²) in [5.41, 5.74) is 3.34. The number of aryl methyl sites for hydroxylation is 1. The number of nitrogens with zero attached hydrogens (tertiary/aromatic N) is 1. The highest BCUT2D eigenvalue weighted by Crippen LogP contribution is 2.40. The third-order valence-electron chi connectivity index (χ3n) is 3.64. The summed E-state index contributed by atoms with van der Waals surface area (Å²) in [7, 11) is 0. The van der Waals surface area contributed by atoms with Gasteiger partial charge in [0.25, 0.3) is 0 Å². The summed E-state index contributed by atoms with van der Waals surface area (Å²) >= 11 is 0. The van der Waals surface area contributed by atoms with Gasteiger partial charge in [0.15, 0.2) is 11.5 Å². The molecule has 2 heterocycles. The number of hydrogen-bond donors (Lipinski definition) is 0. The zero-order valence-electron chi connectivity index (χ0n) is 11.1. The van der Waals surface area contributed by atoms with Crippen LogP contribution in [0, 0.1) is 6.92 Å². The van der Waals surface area contributed by atoms with Crippen LogP contribution in [0.5, 0.6) is 11.5 Å². The Morgan fingerprint density at radius 2 is 1.75 bits per heavy atom. The fourth-order valence-electron chi connectivity index (χ4n) is 2.68. The van der Waals surface area contributed by atoms with E-state index in [-0.39, 0.29) is 0 Å². The fraction of sp³-hybridized carbons (Fsp3) is 0.118. The van der Waals surface area contributed by atoms with Crippen LogP contribution in [0.2, 0.25) is 0 Å². The average Bonchev–Trinajstić information content (AvgIpc) is 2.93. The fourth-order valence-corrected chi connectivity index (χ4v) is 2.68. The molecule has 0 fully saturated rings. The Labute approximate surface area is 116 Å². The van der Waals surface area contributed by atoms with Crippen molar-refractivity contribution in [3.63, 3.8) is 0 Å². The maximum absolute atomic E-state index is 5.49. The van der Waals surface area contributed by atoms with Gasteiger partial charge in [-0.1, -0.05) is 30.3 Å². The number of hydrogen-bond acceptors (Lipinski definition) is 3. The normalized spacial score (nSPS) is 12.8. The molecule has 2 aromatic carbocycles. The van der Waals surface area contributed by atoms with E-state index in [1.54, 1.807) is 0 Å². The van der Waals surface area contributed by atoms with Crippen molar-refractivity contribution in [2.24, 2.45) is 0 Å². The highest BCUT2D eigenvalue weighted by Gasteiger charge is 2.17. The van der Waals surface area contributed by atoms with Crippen LogP contribution in [-0.4, -0.2) is 11.8 Å². The van der Waals surface area contributed by atoms with Gasteiger partial charge < -0.3 is 9.47 Å². The first kappa shape index (κ1) is 11.3. The Morgan fingerprint density at radius 3 is 2.55 bits per heavy atom. The van der Waals surface area contributed by atoms with Crippen LogP contribution < -0.4 is 9.47 Å². The van der Waals surface area contributed by atoms with E-state index in [0.717, 1.165) is 33.5 Å². The van der Waals surface area contributed by atoms with Crippen molar-refractivity contribution in [1.82, 2.24) is 4.98 Å². The molecule has 1 aromatic heterocycles. The molecule has 0 aliphatic carbocycles. The lowest BCUT2D eigenvalue weighted by Crippen LogP contribution is -1.92. The van der Waals surface area contributed by atoms with Crippen LogP contribution in [0.1, 0.15) is 5.69 Å². The molecule has 0 saturated carbocycles. The predicted molar refractivity (Wildman–Crippen MR) is 78.0 cm³/mol. The first-order chi connectivity index (χ1) is 9.83. The first-order valence-corrected chi connectivity index (χ1v) is 6.57. The summed E-state index contributed by atoms with van der Waals surface area (Å²) in [6.07, 6.45) is 1.89. The number of ether oxygens (including phenoxy) is 2. The van der Waals surface area contributed by atoms with Crippen LogP contribution >= 0.6 is 0 Å². The zero-order chi connectivity index (χ0) is 13.5. The van der Waals surface area contributed by atoms with Gasteiger partial charge in [-0.25, -0.2) is 0 Å². The Bertz CT molecular complexity index is 797. The van der Waals surface area contributed by atoms with Crippen LogP contribution in [0.4, 0.5) is 0 Å². The maximum Gasteiger partial charge on any atom is 0.231 e. The highest BCUT2D eigenvalue weighted by molar-refractivity contribution is 5.99. The third kappa shape index (κ3) is 1.63. The van der Waals surface area contributed by atoms with Crippen LogP contribution in [-0.2, 0) is 0 Å². The molecule has 20 heavy (non-hydrogen) atoms. The lowest BCUT2D eigenvalue weighted by atomic mass is 9.97. The molecule has 0 spiro atoms. The molecule has 0 bridgehead atoms. The van der Waals surface area contributed by atoms with Gasteiger partial charge in [-0.15, -0.1) is 0 Å². The monoisotopic (exact) mass is 263 g/mol. The minimum atomic E-state index is 0.290. The van der Waals surface area contributed by atoms with Crippen molar-refractivity contribution >= 4 is 10.8 Å². The van der Waals surface area contributed by atoms with Gasteiger partial charge in [-0.05, 0) is 30.0 Å². The molecular weight excluding hydrogens is 250 g/mol. The zero-order valence-corrected chi connectivity index (χ0v) is 11.1. The van der Waals surface area contributed by atoms with Crippen LogP contribution in [0.15, 0.2) is 48.7 Å². The van der Waals surface area contributed by atoms with Gasteiger partial charge >= 0.3 is 0 Å². The Kier molecular flexibility index (Phi) is 2.39. The minimum Gasteiger partial charge on any atom is -0.454 e. The van der Waals surface area contributed by atoms with Crippen LogP contribution in [0.25, 0.3) is 21.9 Å². The van der Waals surface area contributed by atoms with E-state index in [1.807, 2.05) is 37.4 Å². The molecule has 1 aliphatic heterocycles. The van der Waals surface area contributed by atoms with Gasteiger partial charge in [0.1, 0.15) is 0 Å². The lowest BCUT2D eigenvalue weighted by molar-refractivity contribution is 0.174. The molecule has 4 rings (SSSR count). The molecule has 3 heteroatoms. The minimum absolute atomic E-state index is 0.290. The Hall–Kier alpha value is -2.55. The number of benzene rings is 2. The van der Waals surface area contributed by atoms with Crippen molar-refractivity contribution in [2.75, 3.05) is 6.79 Å². The van der Waals surface area contributed by atoms with Gasteiger partial charge in [-0.2, -0.15) is 0 Å².